The first kappa shape index (κ1) is 15.9. The molecule has 0 aliphatic heterocycles. The van der Waals surface area contributed by atoms with E-state index in [-0.39, 0.29) is 12.5 Å². The summed E-state index contributed by atoms with van der Waals surface area (Å²) in [4.78, 5) is 23.0. The number of urea groups is 1. The molecule has 4 N–H and O–H groups in total. The van der Waals surface area contributed by atoms with E-state index in [2.05, 4.69) is 10.6 Å². The van der Waals surface area contributed by atoms with Gasteiger partial charge in [0.05, 0.1) is 0 Å². The van der Waals surface area contributed by atoms with E-state index in [4.69, 9.17) is 15.7 Å². The predicted octanol–water partition coefficient (Wildman–Crippen LogP) is 2.33. The van der Waals surface area contributed by atoms with Crippen molar-refractivity contribution in [2.45, 2.75) is 0 Å². The maximum Gasteiger partial charge on any atom is 0.316 e. The first-order valence-corrected chi connectivity index (χ1v) is 6.66. The lowest BCUT2D eigenvalue weighted by Gasteiger charge is -2.08. The molecule has 0 saturated heterocycles. The molecule has 0 aliphatic rings. The molecule has 0 aliphatic carbocycles. The number of hydrogen-bond donors (Lipinski definition) is 3. The molecule has 0 spiro atoms. The van der Waals surface area contributed by atoms with Crippen molar-refractivity contribution in [2.75, 3.05) is 17.2 Å². The van der Waals surface area contributed by atoms with Gasteiger partial charge in [-0.25, -0.2) is 4.79 Å². The molecule has 0 aromatic heterocycles. The van der Waals surface area contributed by atoms with Gasteiger partial charge in [-0.1, -0.05) is 6.07 Å². The van der Waals surface area contributed by atoms with Gasteiger partial charge in [0.15, 0.2) is 6.61 Å². The zero-order chi connectivity index (χ0) is 16.7. The molecule has 3 amide bonds. The Morgan fingerprint density at radius 1 is 1.09 bits per heavy atom. The molecular formula is C16H14N4O3. The lowest BCUT2D eigenvalue weighted by molar-refractivity contribution is 0.102. The topological polar surface area (TPSA) is 117 Å². The number of nitrogens with two attached hydrogens (primary N) is 1. The number of nitriles is 1. The Hall–Kier alpha value is -3.53. The molecule has 116 valence electrons. The van der Waals surface area contributed by atoms with E-state index in [1.54, 1.807) is 42.5 Å². The second kappa shape index (κ2) is 7.47. The van der Waals surface area contributed by atoms with Crippen molar-refractivity contribution in [1.82, 2.24) is 0 Å². The van der Waals surface area contributed by atoms with Crippen molar-refractivity contribution >= 4 is 23.3 Å². The summed E-state index contributed by atoms with van der Waals surface area (Å²) >= 11 is 0. The first-order chi connectivity index (χ1) is 11.1. The fraction of sp³-hybridized carbons (Fsp3) is 0.0625. The van der Waals surface area contributed by atoms with Gasteiger partial charge in [0.1, 0.15) is 11.8 Å². The molecule has 0 unspecified atom stereocenters. The Balaban J connectivity index is 2.04. The minimum Gasteiger partial charge on any atom is -0.479 e. The fourth-order valence-electron chi connectivity index (χ4n) is 1.83. The number of anilines is 2. The SMILES string of the molecule is N#CCOc1ccc(NC(=O)c2cccc(NC(N)=O)c2)cc1. The highest BCUT2D eigenvalue weighted by molar-refractivity contribution is 6.05. The molecule has 2 aromatic carbocycles. The summed E-state index contributed by atoms with van der Waals surface area (Å²) in [6.45, 7) is -0.0363. The Labute approximate surface area is 132 Å². The van der Waals surface area contributed by atoms with Crippen LogP contribution in [0.15, 0.2) is 48.5 Å². The van der Waals surface area contributed by atoms with Crippen LogP contribution in [-0.2, 0) is 0 Å². The molecule has 2 rings (SSSR count). The summed E-state index contributed by atoms with van der Waals surface area (Å²) in [5.41, 5.74) is 6.43. The van der Waals surface area contributed by atoms with Crippen LogP contribution < -0.4 is 21.1 Å². The number of amides is 3. The van der Waals surface area contributed by atoms with Gasteiger partial charge in [0.2, 0.25) is 0 Å². The van der Waals surface area contributed by atoms with E-state index in [1.807, 2.05) is 6.07 Å². The van der Waals surface area contributed by atoms with Gasteiger partial charge in [-0.2, -0.15) is 5.26 Å². The van der Waals surface area contributed by atoms with Crippen LogP contribution in [0, 0.1) is 11.3 Å². The number of carbonyl (C=O) groups excluding carboxylic acids is 2. The number of carbonyl (C=O) groups is 2. The third kappa shape index (κ3) is 4.75. The number of nitrogens with zero attached hydrogens (tertiary/aromatic N) is 1. The average Bonchev–Trinajstić information content (AvgIpc) is 2.54. The summed E-state index contributed by atoms with van der Waals surface area (Å²) in [7, 11) is 0. The van der Waals surface area contributed by atoms with Crippen LogP contribution in [-0.4, -0.2) is 18.5 Å². The first-order valence-electron chi connectivity index (χ1n) is 6.66. The van der Waals surface area contributed by atoms with Crippen molar-refractivity contribution in [3.05, 3.63) is 54.1 Å². The zero-order valence-electron chi connectivity index (χ0n) is 12.1. The fourth-order valence-corrected chi connectivity index (χ4v) is 1.83. The molecule has 0 atom stereocenters. The van der Waals surface area contributed by atoms with E-state index >= 15 is 0 Å². The highest BCUT2D eigenvalue weighted by Gasteiger charge is 2.07. The number of hydrogen-bond acceptors (Lipinski definition) is 4. The number of rotatable bonds is 5. The van der Waals surface area contributed by atoms with Gasteiger partial charge in [-0.15, -0.1) is 0 Å². The van der Waals surface area contributed by atoms with Gasteiger partial charge in [0, 0.05) is 16.9 Å². The highest BCUT2D eigenvalue weighted by atomic mass is 16.5. The lowest BCUT2D eigenvalue weighted by atomic mass is 10.2. The van der Waals surface area contributed by atoms with Crippen LogP contribution in [0.2, 0.25) is 0 Å². The van der Waals surface area contributed by atoms with E-state index in [9.17, 15) is 9.59 Å². The maximum atomic E-state index is 12.2. The van der Waals surface area contributed by atoms with E-state index in [0.717, 1.165) is 0 Å². The van der Waals surface area contributed by atoms with Crippen molar-refractivity contribution in [1.29, 1.82) is 5.26 Å². The smallest absolute Gasteiger partial charge is 0.316 e. The van der Waals surface area contributed by atoms with Crippen LogP contribution in [0.25, 0.3) is 0 Å². The van der Waals surface area contributed by atoms with Crippen LogP contribution >= 0.6 is 0 Å². The highest BCUT2D eigenvalue weighted by Crippen LogP contribution is 2.17. The predicted molar refractivity (Wildman–Crippen MR) is 85.2 cm³/mol. The Morgan fingerprint density at radius 3 is 2.48 bits per heavy atom. The van der Waals surface area contributed by atoms with Gasteiger partial charge < -0.3 is 21.1 Å². The van der Waals surface area contributed by atoms with Gasteiger partial charge in [-0.05, 0) is 42.5 Å². The number of benzene rings is 2. The molecule has 0 saturated carbocycles. The van der Waals surface area contributed by atoms with E-state index in [0.29, 0.717) is 22.7 Å². The Morgan fingerprint density at radius 2 is 1.83 bits per heavy atom. The summed E-state index contributed by atoms with van der Waals surface area (Å²) in [6, 6.07) is 14.2. The van der Waals surface area contributed by atoms with Crippen molar-refractivity contribution < 1.29 is 14.3 Å². The molecule has 7 nitrogen and oxygen atoms in total. The van der Waals surface area contributed by atoms with Gasteiger partial charge in [-0.3, -0.25) is 4.79 Å². The molecule has 2 aromatic rings. The van der Waals surface area contributed by atoms with Crippen molar-refractivity contribution in [3.8, 4) is 11.8 Å². The van der Waals surface area contributed by atoms with E-state index in [1.165, 1.54) is 6.07 Å². The minimum absolute atomic E-state index is 0.0363. The normalized spacial score (nSPS) is 9.52. The van der Waals surface area contributed by atoms with Crippen LogP contribution in [0.1, 0.15) is 10.4 Å². The Bertz CT molecular complexity index is 751. The van der Waals surface area contributed by atoms with Gasteiger partial charge >= 0.3 is 6.03 Å². The quantitative estimate of drug-likeness (QED) is 0.785. The van der Waals surface area contributed by atoms with Crippen molar-refractivity contribution in [3.63, 3.8) is 0 Å². The molecule has 23 heavy (non-hydrogen) atoms. The van der Waals surface area contributed by atoms with Crippen LogP contribution in [0.3, 0.4) is 0 Å². The van der Waals surface area contributed by atoms with Crippen molar-refractivity contribution in [2.24, 2.45) is 5.73 Å². The standard InChI is InChI=1S/C16H14N4O3/c17-8-9-23-14-6-4-12(5-7-14)19-15(21)11-2-1-3-13(10-11)20-16(18)22/h1-7,10H,9H2,(H,19,21)(H3,18,20,22). The number of primary amides is 1. The second-order valence-electron chi connectivity index (χ2n) is 4.50. The van der Waals surface area contributed by atoms with Gasteiger partial charge in [0.25, 0.3) is 5.91 Å². The maximum absolute atomic E-state index is 12.2. The Kier molecular flexibility index (Phi) is 5.15. The third-order valence-corrected chi connectivity index (χ3v) is 2.81. The summed E-state index contributed by atoms with van der Waals surface area (Å²) in [6.07, 6.45) is 0. The average molecular weight is 310 g/mol. The third-order valence-electron chi connectivity index (χ3n) is 2.81. The van der Waals surface area contributed by atoms with E-state index < -0.39 is 6.03 Å². The minimum atomic E-state index is -0.699. The summed E-state index contributed by atoms with van der Waals surface area (Å²) in [5, 5.41) is 13.6. The van der Waals surface area contributed by atoms with Crippen LogP contribution in [0.5, 0.6) is 5.75 Å². The molecule has 0 radical (unpaired) electrons. The number of nitrogens with one attached hydrogen (secondary N) is 2. The summed E-state index contributed by atoms with van der Waals surface area (Å²) in [5.74, 6) is 0.209. The largest absolute Gasteiger partial charge is 0.479 e. The molecule has 0 bridgehead atoms. The zero-order valence-corrected chi connectivity index (χ0v) is 12.1. The monoisotopic (exact) mass is 310 g/mol. The summed E-state index contributed by atoms with van der Waals surface area (Å²) < 4.78 is 5.13. The van der Waals surface area contributed by atoms with Crippen LogP contribution in [0.4, 0.5) is 16.2 Å². The number of ether oxygens (including phenoxy) is 1. The second-order valence-corrected chi connectivity index (χ2v) is 4.50. The molecular weight excluding hydrogens is 296 g/mol. The lowest BCUT2D eigenvalue weighted by Crippen LogP contribution is -2.19. The molecule has 0 fully saturated rings. The molecule has 0 heterocycles. The molecule has 7 heteroatoms.